The standard InChI is InChI=1S/C12H17N3O2S/c1-3-5-9(16-4-2)11-14-12(17-15-11)10-8(13)6-7-18-10/h6-7,9H,3-5,13H2,1-2H3. The van der Waals surface area contributed by atoms with E-state index in [1.807, 2.05) is 18.4 Å². The van der Waals surface area contributed by atoms with E-state index in [1.54, 1.807) is 0 Å². The van der Waals surface area contributed by atoms with Crippen LogP contribution in [0.25, 0.3) is 10.8 Å². The fourth-order valence-electron chi connectivity index (χ4n) is 1.70. The van der Waals surface area contributed by atoms with E-state index in [0.29, 0.717) is 24.0 Å². The molecule has 0 radical (unpaired) electrons. The first-order chi connectivity index (χ1) is 8.76. The molecule has 0 saturated carbocycles. The van der Waals surface area contributed by atoms with Crippen LogP contribution >= 0.6 is 11.3 Å². The average Bonchev–Trinajstić information content (AvgIpc) is 2.97. The molecule has 0 aliphatic carbocycles. The number of hydrogen-bond donors (Lipinski definition) is 1. The van der Waals surface area contributed by atoms with Gasteiger partial charge < -0.3 is 15.0 Å². The Kier molecular flexibility index (Phi) is 4.33. The van der Waals surface area contributed by atoms with Crippen molar-refractivity contribution < 1.29 is 9.26 Å². The van der Waals surface area contributed by atoms with Gasteiger partial charge in [0.05, 0.1) is 5.69 Å². The number of rotatable bonds is 6. The Morgan fingerprint density at radius 3 is 2.94 bits per heavy atom. The summed E-state index contributed by atoms with van der Waals surface area (Å²) in [5.74, 6) is 1.07. The first-order valence-corrected chi connectivity index (χ1v) is 6.92. The quantitative estimate of drug-likeness (QED) is 0.869. The van der Waals surface area contributed by atoms with Crippen molar-refractivity contribution in [2.45, 2.75) is 32.8 Å². The summed E-state index contributed by atoms with van der Waals surface area (Å²) in [6.07, 6.45) is 1.79. The van der Waals surface area contributed by atoms with E-state index >= 15 is 0 Å². The summed E-state index contributed by atoms with van der Waals surface area (Å²) in [5.41, 5.74) is 6.49. The Balaban J connectivity index is 2.21. The largest absolute Gasteiger partial charge is 0.397 e. The maximum atomic E-state index is 5.83. The molecule has 1 unspecified atom stereocenters. The number of hydrogen-bond acceptors (Lipinski definition) is 6. The minimum Gasteiger partial charge on any atom is -0.397 e. The second-order valence-corrected chi connectivity index (χ2v) is 4.81. The predicted molar refractivity (Wildman–Crippen MR) is 71.3 cm³/mol. The van der Waals surface area contributed by atoms with Crippen molar-refractivity contribution in [1.82, 2.24) is 10.1 Å². The van der Waals surface area contributed by atoms with Gasteiger partial charge in [0.2, 0.25) is 5.82 Å². The highest BCUT2D eigenvalue weighted by atomic mass is 32.1. The summed E-state index contributed by atoms with van der Waals surface area (Å²) >= 11 is 1.49. The van der Waals surface area contributed by atoms with Crippen molar-refractivity contribution in [1.29, 1.82) is 0 Å². The number of nitrogens with two attached hydrogens (primary N) is 1. The zero-order chi connectivity index (χ0) is 13.0. The Labute approximate surface area is 110 Å². The van der Waals surface area contributed by atoms with Gasteiger partial charge in [-0.2, -0.15) is 4.98 Å². The molecule has 0 aliphatic rings. The first-order valence-electron chi connectivity index (χ1n) is 6.04. The van der Waals surface area contributed by atoms with Crippen LogP contribution in [0.5, 0.6) is 0 Å². The lowest BCUT2D eigenvalue weighted by Gasteiger charge is -2.10. The van der Waals surface area contributed by atoms with Crippen LogP contribution in [0.3, 0.4) is 0 Å². The number of aromatic nitrogens is 2. The van der Waals surface area contributed by atoms with Gasteiger partial charge in [-0.1, -0.05) is 18.5 Å². The second-order valence-electron chi connectivity index (χ2n) is 3.90. The van der Waals surface area contributed by atoms with Gasteiger partial charge in [0.15, 0.2) is 0 Å². The van der Waals surface area contributed by atoms with E-state index in [9.17, 15) is 0 Å². The molecule has 2 heterocycles. The molecule has 0 fully saturated rings. The van der Waals surface area contributed by atoms with Crippen molar-refractivity contribution in [3.8, 4) is 10.8 Å². The molecule has 0 amide bonds. The van der Waals surface area contributed by atoms with Crippen molar-refractivity contribution in [2.75, 3.05) is 12.3 Å². The molecule has 0 bridgehead atoms. The van der Waals surface area contributed by atoms with Crippen LogP contribution in [0.1, 0.15) is 38.6 Å². The maximum absolute atomic E-state index is 5.83. The minimum atomic E-state index is -0.0984. The van der Waals surface area contributed by atoms with Gasteiger partial charge in [0, 0.05) is 6.61 Å². The molecule has 1 atom stereocenters. The van der Waals surface area contributed by atoms with Gasteiger partial charge in [-0.3, -0.25) is 0 Å². The van der Waals surface area contributed by atoms with Crippen LogP contribution in [0.4, 0.5) is 5.69 Å². The Bertz CT molecular complexity index is 489. The molecule has 0 aliphatic heterocycles. The molecule has 98 valence electrons. The molecule has 0 saturated heterocycles. The van der Waals surface area contributed by atoms with Crippen LogP contribution in [0.2, 0.25) is 0 Å². The van der Waals surface area contributed by atoms with Crippen molar-refractivity contribution in [3.63, 3.8) is 0 Å². The highest BCUT2D eigenvalue weighted by Crippen LogP contribution is 2.31. The van der Waals surface area contributed by atoms with E-state index in [1.165, 1.54) is 11.3 Å². The lowest BCUT2D eigenvalue weighted by atomic mass is 10.2. The molecule has 6 heteroatoms. The molecule has 2 N–H and O–H groups in total. The molecular formula is C12H17N3O2S. The van der Waals surface area contributed by atoms with Crippen molar-refractivity contribution in [2.24, 2.45) is 0 Å². The fourth-order valence-corrected chi connectivity index (χ4v) is 2.44. The second kappa shape index (κ2) is 5.97. The van der Waals surface area contributed by atoms with E-state index < -0.39 is 0 Å². The SMILES string of the molecule is CCCC(OCC)c1noc(-c2sccc2N)n1. The van der Waals surface area contributed by atoms with Crippen LogP contribution in [0, 0.1) is 0 Å². The molecule has 2 rings (SSSR count). The predicted octanol–water partition coefficient (Wildman–Crippen LogP) is 3.26. The van der Waals surface area contributed by atoms with Crippen LogP contribution < -0.4 is 5.73 Å². The first kappa shape index (κ1) is 13.0. The normalized spacial score (nSPS) is 12.8. The van der Waals surface area contributed by atoms with Crippen molar-refractivity contribution >= 4 is 17.0 Å². The zero-order valence-corrected chi connectivity index (χ0v) is 11.4. The topological polar surface area (TPSA) is 74.2 Å². The van der Waals surface area contributed by atoms with Gasteiger partial charge in [-0.25, -0.2) is 0 Å². The smallest absolute Gasteiger partial charge is 0.270 e. The summed E-state index contributed by atoms with van der Waals surface area (Å²) in [7, 11) is 0. The zero-order valence-electron chi connectivity index (χ0n) is 10.5. The van der Waals surface area contributed by atoms with Crippen molar-refractivity contribution in [3.05, 3.63) is 17.3 Å². The van der Waals surface area contributed by atoms with Gasteiger partial charge in [0.25, 0.3) is 5.89 Å². The fraction of sp³-hybridized carbons (Fsp3) is 0.500. The van der Waals surface area contributed by atoms with E-state index in [0.717, 1.165) is 17.7 Å². The average molecular weight is 267 g/mol. The van der Waals surface area contributed by atoms with E-state index in [4.69, 9.17) is 15.0 Å². The third-order valence-electron chi connectivity index (χ3n) is 2.54. The molecule has 0 aromatic carbocycles. The van der Waals surface area contributed by atoms with E-state index in [2.05, 4.69) is 17.1 Å². The number of anilines is 1. The number of thiophene rings is 1. The Hall–Kier alpha value is -1.40. The van der Waals surface area contributed by atoms with Crippen LogP contribution in [0.15, 0.2) is 16.0 Å². The Morgan fingerprint density at radius 1 is 1.50 bits per heavy atom. The summed E-state index contributed by atoms with van der Waals surface area (Å²) in [6.45, 7) is 4.70. The third-order valence-corrected chi connectivity index (χ3v) is 3.46. The summed E-state index contributed by atoms with van der Waals surface area (Å²) in [5, 5.41) is 5.89. The minimum absolute atomic E-state index is 0.0984. The number of ether oxygens (including phenoxy) is 1. The van der Waals surface area contributed by atoms with Gasteiger partial charge in [-0.05, 0) is 24.8 Å². The van der Waals surface area contributed by atoms with Gasteiger partial charge in [-0.15, -0.1) is 11.3 Å². The monoisotopic (exact) mass is 267 g/mol. The Morgan fingerprint density at radius 2 is 2.33 bits per heavy atom. The molecule has 0 spiro atoms. The molecular weight excluding hydrogens is 250 g/mol. The number of nitrogens with zero attached hydrogens (tertiary/aromatic N) is 2. The number of nitrogen functional groups attached to an aromatic ring is 1. The lowest BCUT2D eigenvalue weighted by molar-refractivity contribution is 0.0478. The summed E-state index contributed by atoms with van der Waals surface area (Å²) in [6, 6.07) is 1.83. The molecule has 2 aromatic heterocycles. The van der Waals surface area contributed by atoms with E-state index in [-0.39, 0.29) is 6.10 Å². The maximum Gasteiger partial charge on any atom is 0.270 e. The van der Waals surface area contributed by atoms with Gasteiger partial charge in [0.1, 0.15) is 11.0 Å². The molecule has 2 aromatic rings. The summed E-state index contributed by atoms with van der Waals surface area (Å²) in [4.78, 5) is 5.20. The lowest BCUT2D eigenvalue weighted by Crippen LogP contribution is -2.05. The third kappa shape index (κ3) is 2.70. The molecule has 5 nitrogen and oxygen atoms in total. The van der Waals surface area contributed by atoms with Crippen LogP contribution in [-0.4, -0.2) is 16.7 Å². The molecule has 18 heavy (non-hydrogen) atoms. The van der Waals surface area contributed by atoms with Crippen LogP contribution in [-0.2, 0) is 4.74 Å². The highest BCUT2D eigenvalue weighted by molar-refractivity contribution is 7.14. The highest BCUT2D eigenvalue weighted by Gasteiger charge is 2.20. The van der Waals surface area contributed by atoms with Gasteiger partial charge >= 0.3 is 0 Å². The summed E-state index contributed by atoms with van der Waals surface area (Å²) < 4.78 is 10.9.